The van der Waals surface area contributed by atoms with Crippen LogP contribution in [0, 0.1) is 0 Å². The van der Waals surface area contributed by atoms with Crippen molar-refractivity contribution in [2.45, 2.75) is 51.2 Å². The normalized spacial score (nSPS) is 20.3. The molecule has 0 bridgehead atoms. The standard InChI is InChI=1S/C21H32N2O2S/c1-21(2,25)10-7-17-3-5-18(6-4-17)20(24)23-11-8-19(9-12-23)22-13-15-26-16-14-22/h3-6,19,25H,7-16H2,1-2H3. The van der Waals surface area contributed by atoms with Gasteiger partial charge in [-0.05, 0) is 57.2 Å². The minimum Gasteiger partial charge on any atom is -0.390 e. The van der Waals surface area contributed by atoms with Gasteiger partial charge in [0.1, 0.15) is 0 Å². The third-order valence-electron chi connectivity index (χ3n) is 5.54. The van der Waals surface area contributed by atoms with E-state index in [1.54, 1.807) is 0 Å². The molecular weight excluding hydrogens is 344 g/mol. The largest absolute Gasteiger partial charge is 0.390 e. The molecular formula is C21H32N2O2S. The maximum Gasteiger partial charge on any atom is 0.253 e. The smallest absolute Gasteiger partial charge is 0.253 e. The van der Waals surface area contributed by atoms with Crippen LogP contribution < -0.4 is 0 Å². The molecule has 1 aromatic rings. The Morgan fingerprint density at radius 2 is 1.73 bits per heavy atom. The number of carbonyl (C=O) groups excluding carboxylic acids is 1. The molecule has 0 aromatic heterocycles. The van der Waals surface area contributed by atoms with Gasteiger partial charge in [-0.3, -0.25) is 9.69 Å². The topological polar surface area (TPSA) is 43.8 Å². The van der Waals surface area contributed by atoms with E-state index >= 15 is 0 Å². The lowest BCUT2D eigenvalue weighted by molar-refractivity contribution is 0.0630. The average molecular weight is 377 g/mol. The summed E-state index contributed by atoms with van der Waals surface area (Å²) in [5.41, 5.74) is 1.31. The molecule has 1 N–H and O–H groups in total. The Morgan fingerprint density at radius 1 is 1.12 bits per heavy atom. The van der Waals surface area contributed by atoms with Crippen molar-refractivity contribution < 1.29 is 9.90 Å². The summed E-state index contributed by atoms with van der Waals surface area (Å²) in [5, 5.41) is 9.84. The highest BCUT2D eigenvalue weighted by atomic mass is 32.2. The van der Waals surface area contributed by atoms with Crippen molar-refractivity contribution >= 4 is 17.7 Å². The van der Waals surface area contributed by atoms with E-state index in [0.717, 1.165) is 44.3 Å². The highest BCUT2D eigenvalue weighted by Crippen LogP contribution is 2.22. The van der Waals surface area contributed by atoms with Crippen molar-refractivity contribution in [1.29, 1.82) is 0 Å². The second kappa shape index (κ2) is 8.77. The van der Waals surface area contributed by atoms with Crippen LogP contribution in [0.4, 0.5) is 0 Å². The lowest BCUT2D eigenvalue weighted by Gasteiger charge is -2.40. The van der Waals surface area contributed by atoms with E-state index in [1.165, 1.54) is 30.2 Å². The van der Waals surface area contributed by atoms with E-state index in [1.807, 2.05) is 43.0 Å². The van der Waals surface area contributed by atoms with Crippen LogP contribution in [0.2, 0.25) is 0 Å². The highest BCUT2D eigenvalue weighted by molar-refractivity contribution is 7.99. The molecule has 5 heteroatoms. The number of nitrogens with zero attached hydrogens (tertiary/aromatic N) is 2. The van der Waals surface area contributed by atoms with E-state index in [0.29, 0.717) is 6.04 Å². The SMILES string of the molecule is CC(C)(O)CCc1ccc(C(=O)N2CCC(N3CCSCC3)CC2)cc1. The first-order valence-corrected chi connectivity index (χ1v) is 11.0. The van der Waals surface area contributed by atoms with Crippen LogP contribution in [-0.2, 0) is 6.42 Å². The number of aryl methyl sites for hydroxylation is 1. The van der Waals surface area contributed by atoms with Crippen molar-refractivity contribution in [3.63, 3.8) is 0 Å². The van der Waals surface area contributed by atoms with E-state index in [4.69, 9.17) is 0 Å². The van der Waals surface area contributed by atoms with Crippen LogP contribution in [0.5, 0.6) is 0 Å². The number of aliphatic hydroxyl groups is 1. The van der Waals surface area contributed by atoms with Gasteiger partial charge in [-0.15, -0.1) is 0 Å². The fraction of sp³-hybridized carbons (Fsp3) is 0.667. The van der Waals surface area contributed by atoms with Crippen LogP contribution in [0.1, 0.15) is 49.0 Å². The summed E-state index contributed by atoms with van der Waals surface area (Å²) < 4.78 is 0. The number of piperidine rings is 1. The zero-order valence-electron chi connectivity index (χ0n) is 16.1. The van der Waals surface area contributed by atoms with Gasteiger partial charge in [0.25, 0.3) is 5.91 Å². The van der Waals surface area contributed by atoms with Crippen molar-refractivity contribution in [2.75, 3.05) is 37.7 Å². The monoisotopic (exact) mass is 376 g/mol. The number of benzene rings is 1. The summed E-state index contributed by atoms with van der Waals surface area (Å²) in [4.78, 5) is 17.4. The molecule has 0 spiro atoms. The molecule has 2 heterocycles. The Labute approximate surface area is 161 Å². The predicted molar refractivity (Wildman–Crippen MR) is 109 cm³/mol. The second-order valence-corrected chi connectivity index (χ2v) is 9.41. The number of hydrogen-bond acceptors (Lipinski definition) is 4. The number of thioether (sulfide) groups is 1. The summed E-state index contributed by atoms with van der Waals surface area (Å²) in [6.45, 7) is 7.81. The quantitative estimate of drug-likeness (QED) is 0.858. The molecule has 2 fully saturated rings. The zero-order valence-corrected chi connectivity index (χ0v) is 16.9. The number of amides is 1. The number of hydrogen-bond donors (Lipinski definition) is 1. The molecule has 1 aromatic carbocycles. The fourth-order valence-corrected chi connectivity index (χ4v) is 4.75. The van der Waals surface area contributed by atoms with Gasteiger partial charge in [-0.25, -0.2) is 0 Å². The van der Waals surface area contributed by atoms with Crippen molar-refractivity contribution in [2.24, 2.45) is 0 Å². The van der Waals surface area contributed by atoms with Crippen LogP contribution >= 0.6 is 11.8 Å². The lowest BCUT2D eigenvalue weighted by atomic mass is 9.98. The third kappa shape index (κ3) is 5.48. The predicted octanol–water partition coefficient (Wildman–Crippen LogP) is 3.04. The minimum absolute atomic E-state index is 0.159. The minimum atomic E-state index is -0.647. The van der Waals surface area contributed by atoms with Gasteiger partial charge < -0.3 is 10.0 Å². The molecule has 0 radical (unpaired) electrons. The molecule has 2 saturated heterocycles. The van der Waals surface area contributed by atoms with Gasteiger partial charge >= 0.3 is 0 Å². The van der Waals surface area contributed by atoms with Gasteiger partial charge in [0, 0.05) is 49.3 Å². The van der Waals surface area contributed by atoms with E-state index < -0.39 is 5.60 Å². The summed E-state index contributed by atoms with van der Waals surface area (Å²) in [6, 6.07) is 8.59. The summed E-state index contributed by atoms with van der Waals surface area (Å²) >= 11 is 2.05. The molecule has 4 nitrogen and oxygen atoms in total. The first kappa shape index (κ1) is 19.7. The van der Waals surface area contributed by atoms with E-state index in [-0.39, 0.29) is 5.91 Å². The summed E-state index contributed by atoms with van der Waals surface area (Å²) in [6.07, 6.45) is 3.75. The van der Waals surface area contributed by atoms with Gasteiger partial charge in [0.05, 0.1) is 5.60 Å². The number of carbonyl (C=O) groups is 1. The van der Waals surface area contributed by atoms with E-state index in [9.17, 15) is 9.90 Å². The first-order chi connectivity index (χ1) is 12.4. The summed E-state index contributed by atoms with van der Waals surface area (Å²) in [7, 11) is 0. The Kier molecular flexibility index (Phi) is 6.65. The maximum atomic E-state index is 12.8. The molecule has 0 aliphatic carbocycles. The molecule has 1 amide bonds. The Hall–Kier alpha value is -1.04. The van der Waals surface area contributed by atoms with Crippen LogP contribution in [0.25, 0.3) is 0 Å². The Balaban J connectivity index is 1.50. The van der Waals surface area contributed by atoms with Gasteiger partial charge in [0.2, 0.25) is 0 Å². The molecule has 144 valence electrons. The van der Waals surface area contributed by atoms with Gasteiger partial charge in [-0.1, -0.05) is 12.1 Å². The van der Waals surface area contributed by atoms with Gasteiger partial charge in [-0.2, -0.15) is 11.8 Å². The molecule has 0 saturated carbocycles. The zero-order chi connectivity index (χ0) is 18.6. The molecule has 0 atom stereocenters. The van der Waals surface area contributed by atoms with Crippen molar-refractivity contribution in [1.82, 2.24) is 9.80 Å². The van der Waals surface area contributed by atoms with Crippen LogP contribution in [0.3, 0.4) is 0 Å². The molecule has 3 rings (SSSR count). The molecule has 2 aliphatic rings. The summed E-state index contributed by atoms with van der Waals surface area (Å²) in [5.74, 6) is 2.66. The molecule has 26 heavy (non-hydrogen) atoms. The second-order valence-electron chi connectivity index (χ2n) is 8.18. The molecule has 0 unspecified atom stereocenters. The van der Waals surface area contributed by atoms with E-state index in [2.05, 4.69) is 16.7 Å². The van der Waals surface area contributed by atoms with Gasteiger partial charge in [0.15, 0.2) is 0 Å². The number of likely N-dealkylation sites (tertiary alicyclic amines) is 1. The lowest BCUT2D eigenvalue weighted by Crippen LogP contribution is -2.49. The van der Waals surface area contributed by atoms with Crippen LogP contribution in [0.15, 0.2) is 24.3 Å². The van der Waals surface area contributed by atoms with Crippen molar-refractivity contribution in [3.8, 4) is 0 Å². The number of rotatable bonds is 5. The fourth-order valence-electron chi connectivity index (χ4n) is 3.82. The highest BCUT2D eigenvalue weighted by Gasteiger charge is 2.28. The maximum absolute atomic E-state index is 12.8. The first-order valence-electron chi connectivity index (χ1n) is 9.85. The average Bonchev–Trinajstić information content (AvgIpc) is 2.66. The Bertz CT molecular complexity index is 583. The third-order valence-corrected chi connectivity index (χ3v) is 6.48. The Morgan fingerprint density at radius 3 is 2.31 bits per heavy atom. The van der Waals surface area contributed by atoms with Crippen LogP contribution in [-0.4, -0.2) is 70.1 Å². The van der Waals surface area contributed by atoms with Crippen molar-refractivity contribution in [3.05, 3.63) is 35.4 Å². The molecule has 2 aliphatic heterocycles.